The van der Waals surface area contributed by atoms with Crippen molar-refractivity contribution in [3.63, 3.8) is 0 Å². The van der Waals surface area contributed by atoms with Gasteiger partial charge >= 0.3 is 5.97 Å². The highest BCUT2D eigenvalue weighted by atomic mass is 35.5. The number of halogens is 1. The van der Waals surface area contributed by atoms with E-state index in [2.05, 4.69) is 9.97 Å². The summed E-state index contributed by atoms with van der Waals surface area (Å²) in [5, 5.41) is 8.82. The molecule has 0 atom stereocenters. The van der Waals surface area contributed by atoms with Gasteiger partial charge in [0.05, 0.1) is 6.42 Å². The van der Waals surface area contributed by atoms with Crippen LogP contribution in [0.1, 0.15) is 17.8 Å². The molecular formula is C10H13ClN2O3. The third-order valence-corrected chi connectivity index (χ3v) is 2.28. The van der Waals surface area contributed by atoms with E-state index in [1.807, 2.05) is 0 Å². The largest absolute Gasteiger partial charge is 0.481 e. The minimum Gasteiger partial charge on any atom is -0.481 e. The van der Waals surface area contributed by atoms with Gasteiger partial charge < -0.3 is 9.84 Å². The van der Waals surface area contributed by atoms with Gasteiger partial charge in [0.1, 0.15) is 11.0 Å². The van der Waals surface area contributed by atoms with Crippen molar-refractivity contribution >= 4 is 17.6 Å². The van der Waals surface area contributed by atoms with E-state index >= 15 is 0 Å². The first-order chi connectivity index (χ1) is 7.63. The number of aryl methyl sites for hydroxylation is 1. The lowest BCUT2D eigenvalue weighted by atomic mass is 10.2. The van der Waals surface area contributed by atoms with Crippen LogP contribution in [0.4, 0.5) is 0 Å². The van der Waals surface area contributed by atoms with E-state index in [1.54, 1.807) is 7.11 Å². The van der Waals surface area contributed by atoms with Gasteiger partial charge in [-0.3, -0.25) is 4.79 Å². The monoisotopic (exact) mass is 244 g/mol. The maximum atomic E-state index is 10.5. The van der Waals surface area contributed by atoms with E-state index in [9.17, 15) is 4.79 Å². The number of hydrogen-bond acceptors (Lipinski definition) is 4. The number of aliphatic carboxylic acids is 1. The van der Waals surface area contributed by atoms with Crippen LogP contribution in [0.15, 0.2) is 6.20 Å². The van der Waals surface area contributed by atoms with Gasteiger partial charge in [0.25, 0.3) is 0 Å². The number of nitrogens with zero attached hydrogens (tertiary/aromatic N) is 2. The van der Waals surface area contributed by atoms with E-state index < -0.39 is 5.97 Å². The average molecular weight is 245 g/mol. The lowest BCUT2D eigenvalue weighted by Gasteiger charge is -2.03. The fourth-order valence-corrected chi connectivity index (χ4v) is 1.41. The zero-order valence-corrected chi connectivity index (χ0v) is 9.70. The Labute approximate surface area is 98.4 Å². The zero-order valence-electron chi connectivity index (χ0n) is 8.94. The first-order valence-corrected chi connectivity index (χ1v) is 5.22. The van der Waals surface area contributed by atoms with E-state index in [0.29, 0.717) is 24.4 Å². The highest BCUT2D eigenvalue weighted by Gasteiger charge is 2.08. The molecule has 6 heteroatoms. The zero-order chi connectivity index (χ0) is 12.0. The molecule has 1 N–H and O–H groups in total. The Bertz CT molecular complexity index is 371. The number of carboxylic acids is 1. The number of rotatable bonds is 6. The fraction of sp³-hybridized carbons (Fsp3) is 0.500. The van der Waals surface area contributed by atoms with Crippen LogP contribution < -0.4 is 0 Å². The summed E-state index contributed by atoms with van der Waals surface area (Å²) in [5.74, 6) is -0.339. The van der Waals surface area contributed by atoms with Crippen molar-refractivity contribution in [1.82, 2.24) is 9.97 Å². The Morgan fingerprint density at radius 3 is 2.94 bits per heavy atom. The average Bonchev–Trinajstić information content (AvgIpc) is 2.22. The number of hydrogen-bond donors (Lipinski definition) is 1. The van der Waals surface area contributed by atoms with E-state index in [0.717, 1.165) is 6.42 Å². The highest BCUT2D eigenvalue weighted by molar-refractivity contribution is 6.30. The Kier molecular flexibility index (Phi) is 5.14. The first kappa shape index (κ1) is 12.9. The molecule has 1 rings (SSSR count). The summed E-state index contributed by atoms with van der Waals surface area (Å²) in [6, 6.07) is 0. The van der Waals surface area contributed by atoms with Crippen LogP contribution >= 0.6 is 11.6 Å². The predicted octanol–water partition coefficient (Wildman–Crippen LogP) is 1.34. The van der Waals surface area contributed by atoms with Gasteiger partial charge in [0.2, 0.25) is 0 Å². The molecule has 0 bridgehead atoms. The van der Waals surface area contributed by atoms with Gasteiger partial charge in [-0.25, -0.2) is 9.97 Å². The summed E-state index contributed by atoms with van der Waals surface area (Å²) in [4.78, 5) is 18.6. The smallest absolute Gasteiger partial charge is 0.307 e. The second-order valence-electron chi connectivity index (χ2n) is 3.27. The van der Waals surface area contributed by atoms with Crippen molar-refractivity contribution in [1.29, 1.82) is 0 Å². The standard InChI is InChI=1S/C10H13ClN2O3/c1-16-4-2-3-8-12-6-7(5-9(14)15)10(11)13-8/h6H,2-5H2,1H3,(H,14,15). The summed E-state index contributed by atoms with van der Waals surface area (Å²) in [6.45, 7) is 0.637. The number of methoxy groups -OCH3 is 1. The van der Waals surface area contributed by atoms with Crippen molar-refractivity contribution in [2.75, 3.05) is 13.7 Å². The van der Waals surface area contributed by atoms with Crippen molar-refractivity contribution in [3.8, 4) is 0 Å². The lowest BCUT2D eigenvalue weighted by Crippen LogP contribution is -2.05. The molecule has 0 aromatic carbocycles. The third-order valence-electron chi connectivity index (χ3n) is 1.95. The molecule has 0 radical (unpaired) electrons. The Balaban J connectivity index is 2.63. The first-order valence-electron chi connectivity index (χ1n) is 4.84. The minimum atomic E-state index is -0.947. The molecule has 0 aliphatic rings. The molecular weight excluding hydrogens is 232 g/mol. The number of ether oxygens (including phenoxy) is 1. The van der Waals surface area contributed by atoms with Gasteiger partial charge in [-0.05, 0) is 6.42 Å². The molecule has 0 amide bonds. The topological polar surface area (TPSA) is 72.3 Å². The van der Waals surface area contributed by atoms with Gasteiger partial charge in [-0.15, -0.1) is 0 Å². The van der Waals surface area contributed by atoms with Gasteiger partial charge in [-0.1, -0.05) is 11.6 Å². The third kappa shape index (κ3) is 4.12. The molecule has 88 valence electrons. The maximum absolute atomic E-state index is 10.5. The number of carboxylic acid groups (broad SMARTS) is 1. The minimum absolute atomic E-state index is 0.156. The molecule has 1 aromatic rings. The molecule has 0 aliphatic carbocycles. The SMILES string of the molecule is COCCCc1ncc(CC(=O)O)c(Cl)n1. The maximum Gasteiger partial charge on any atom is 0.307 e. The fourth-order valence-electron chi connectivity index (χ4n) is 1.20. The van der Waals surface area contributed by atoms with Gasteiger partial charge in [-0.2, -0.15) is 0 Å². The normalized spacial score (nSPS) is 10.4. The molecule has 16 heavy (non-hydrogen) atoms. The van der Waals surface area contributed by atoms with Crippen molar-refractivity contribution in [2.45, 2.75) is 19.3 Å². The highest BCUT2D eigenvalue weighted by Crippen LogP contribution is 2.13. The van der Waals surface area contributed by atoms with Crippen molar-refractivity contribution in [3.05, 3.63) is 22.7 Å². The Hall–Kier alpha value is -1.20. The molecule has 0 unspecified atom stereocenters. The number of aromatic nitrogens is 2. The summed E-state index contributed by atoms with van der Waals surface area (Å²) in [6.07, 6.45) is 2.79. The molecule has 0 aliphatic heterocycles. The summed E-state index contributed by atoms with van der Waals surface area (Å²) < 4.78 is 4.90. The van der Waals surface area contributed by atoms with Crippen LogP contribution in [0.25, 0.3) is 0 Å². The number of carbonyl (C=O) groups is 1. The predicted molar refractivity (Wildman–Crippen MR) is 58.6 cm³/mol. The Morgan fingerprint density at radius 1 is 1.62 bits per heavy atom. The molecule has 5 nitrogen and oxygen atoms in total. The molecule has 0 saturated heterocycles. The van der Waals surface area contributed by atoms with Crippen molar-refractivity contribution in [2.24, 2.45) is 0 Å². The van der Waals surface area contributed by atoms with Crippen LogP contribution in [-0.2, 0) is 22.4 Å². The van der Waals surface area contributed by atoms with Crippen LogP contribution in [0, 0.1) is 0 Å². The second-order valence-corrected chi connectivity index (χ2v) is 3.63. The molecule has 0 saturated carbocycles. The summed E-state index contributed by atoms with van der Waals surface area (Å²) >= 11 is 5.84. The van der Waals surface area contributed by atoms with Crippen LogP contribution in [0.2, 0.25) is 5.15 Å². The molecule has 0 fully saturated rings. The van der Waals surface area contributed by atoms with Gasteiger partial charge in [0.15, 0.2) is 0 Å². The van der Waals surface area contributed by atoms with Crippen LogP contribution in [0.5, 0.6) is 0 Å². The van der Waals surface area contributed by atoms with E-state index in [4.69, 9.17) is 21.4 Å². The molecule has 1 aromatic heterocycles. The lowest BCUT2D eigenvalue weighted by molar-refractivity contribution is -0.136. The van der Waals surface area contributed by atoms with E-state index in [1.165, 1.54) is 6.20 Å². The van der Waals surface area contributed by atoms with Crippen LogP contribution in [0.3, 0.4) is 0 Å². The molecule has 0 spiro atoms. The summed E-state index contributed by atoms with van der Waals surface area (Å²) in [5.41, 5.74) is 0.435. The van der Waals surface area contributed by atoms with Crippen LogP contribution in [-0.4, -0.2) is 34.8 Å². The second kappa shape index (κ2) is 6.40. The summed E-state index contributed by atoms with van der Waals surface area (Å²) in [7, 11) is 1.63. The Morgan fingerprint density at radius 2 is 2.38 bits per heavy atom. The molecule has 1 heterocycles. The quantitative estimate of drug-likeness (QED) is 0.604. The van der Waals surface area contributed by atoms with E-state index in [-0.39, 0.29) is 11.6 Å². The van der Waals surface area contributed by atoms with Crippen molar-refractivity contribution < 1.29 is 14.6 Å². The van der Waals surface area contributed by atoms with Gasteiger partial charge in [0, 0.05) is 31.9 Å².